The third kappa shape index (κ3) is 4.59. The zero-order valence-corrected chi connectivity index (χ0v) is 19.4. The summed E-state index contributed by atoms with van der Waals surface area (Å²) in [5, 5.41) is 3.06. The van der Waals surface area contributed by atoms with E-state index in [1.165, 1.54) is 12.3 Å². The maximum absolute atomic E-state index is 15.4. The summed E-state index contributed by atoms with van der Waals surface area (Å²) in [6.45, 7) is 4.87. The molecule has 2 aromatic rings. The van der Waals surface area contributed by atoms with E-state index in [1.807, 2.05) is 0 Å². The minimum absolute atomic E-state index is 0.0957. The number of esters is 1. The number of rotatable bonds is 4. The van der Waals surface area contributed by atoms with Gasteiger partial charge in [-0.1, -0.05) is 32.0 Å². The van der Waals surface area contributed by atoms with Crippen LogP contribution in [0, 0.1) is 11.2 Å². The Hall–Kier alpha value is -3.49. The molecule has 0 saturated heterocycles. The van der Waals surface area contributed by atoms with E-state index >= 15 is 4.39 Å². The van der Waals surface area contributed by atoms with Crippen molar-refractivity contribution in [3.8, 4) is 0 Å². The van der Waals surface area contributed by atoms with Crippen molar-refractivity contribution in [2.24, 2.45) is 5.41 Å². The van der Waals surface area contributed by atoms with Crippen LogP contribution in [0.2, 0.25) is 0 Å². The number of benzene rings is 1. The summed E-state index contributed by atoms with van der Waals surface area (Å²) in [6, 6.07) is 6.26. The van der Waals surface area contributed by atoms with Crippen molar-refractivity contribution >= 4 is 11.8 Å². The van der Waals surface area contributed by atoms with Crippen molar-refractivity contribution in [1.29, 1.82) is 0 Å². The molecule has 0 amide bonds. The van der Waals surface area contributed by atoms with E-state index in [1.54, 1.807) is 39.1 Å². The van der Waals surface area contributed by atoms with Crippen LogP contribution in [0.5, 0.6) is 0 Å². The molecule has 0 bridgehead atoms. The second kappa shape index (κ2) is 8.94. The summed E-state index contributed by atoms with van der Waals surface area (Å²) in [4.78, 5) is 30.7. The van der Waals surface area contributed by atoms with Gasteiger partial charge < -0.3 is 10.1 Å². The lowest BCUT2D eigenvalue weighted by Crippen LogP contribution is -2.41. The molecule has 0 radical (unpaired) electrons. The fourth-order valence-electron chi connectivity index (χ4n) is 4.56. The highest BCUT2D eigenvalue weighted by molar-refractivity contribution is 6.06. The summed E-state index contributed by atoms with van der Waals surface area (Å²) >= 11 is 0. The zero-order chi connectivity index (χ0) is 25.5. The number of allylic oxidation sites excluding steroid dienone is 3. The van der Waals surface area contributed by atoms with Gasteiger partial charge in [0.2, 0.25) is 0 Å². The highest BCUT2D eigenvalue weighted by atomic mass is 19.4. The Labute approximate surface area is 199 Å². The number of alkyl halides is 3. The second-order valence-electron chi connectivity index (χ2n) is 9.35. The first-order valence-corrected chi connectivity index (χ1v) is 11.1. The third-order valence-corrected chi connectivity index (χ3v) is 6.46. The monoisotopic (exact) mass is 488 g/mol. The van der Waals surface area contributed by atoms with Crippen LogP contribution in [0.1, 0.15) is 56.2 Å². The lowest BCUT2D eigenvalue weighted by atomic mass is 9.67. The van der Waals surface area contributed by atoms with E-state index in [0.717, 1.165) is 6.07 Å². The lowest BCUT2D eigenvalue weighted by molar-refractivity contribution is -0.141. The average molecular weight is 488 g/mol. The number of Topliss-reactive ketones (excluding diaryl/α,β-unsaturated/α-hetero) is 1. The Morgan fingerprint density at radius 3 is 2.63 bits per heavy atom. The van der Waals surface area contributed by atoms with E-state index in [0.29, 0.717) is 35.9 Å². The van der Waals surface area contributed by atoms with E-state index in [2.05, 4.69) is 10.3 Å². The van der Waals surface area contributed by atoms with Gasteiger partial charge in [-0.15, -0.1) is 0 Å². The van der Waals surface area contributed by atoms with E-state index in [9.17, 15) is 22.8 Å². The van der Waals surface area contributed by atoms with Gasteiger partial charge in [0, 0.05) is 45.9 Å². The van der Waals surface area contributed by atoms with Crippen LogP contribution in [-0.4, -0.2) is 16.7 Å². The zero-order valence-electron chi connectivity index (χ0n) is 19.4. The molecule has 2 heterocycles. The normalized spacial score (nSPS) is 19.9. The molecular formula is C26H24F4N2O3. The summed E-state index contributed by atoms with van der Waals surface area (Å²) < 4.78 is 61.4. The quantitative estimate of drug-likeness (QED) is 0.449. The molecule has 2 aliphatic rings. The average Bonchev–Trinajstić information content (AvgIpc) is 2.79. The van der Waals surface area contributed by atoms with Gasteiger partial charge >= 0.3 is 12.1 Å². The largest absolute Gasteiger partial charge is 0.457 e. The first-order valence-electron chi connectivity index (χ1n) is 11.1. The molecule has 184 valence electrons. The molecule has 1 atom stereocenters. The molecule has 1 aromatic carbocycles. The van der Waals surface area contributed by atoms with Gasteiger partial charge in [0.15, 0.2) is 5.78 Å². The number of aromatic nitrogens is 1. The number of halogens is 4. The second-order valence-corrected chi connectivity index (χ2v) is 9.35. The van der Waals surface area contributed by atoms with Crippen LogP contribution in [0.3, 0.4) is 0 Å². The van der Waals surface area contributed by atoms with Gasteiger partial charge in [-0.2, -0.15) is 13.2 Å². The molecule has 1 aliphatic carbocycles. The van der Waals surface area contributed by atoms with Crippen LogP contribution in [-0.2, 0) is 27.1 Å². The number of pyridine rings is 1. The fourth-order valence-corrected chi connectivity index (χ4v) is 4.56. The number of ketones is 1. The number of nitrogens with one attached hydrogen (secondary N) is 1. The first-order chi connectivity index (χ1) is 16.4. The van der Waals surface area contributed by atoms with Crippen molar-refractivity contribution < 1.29 is 31.9 Å². The number of hydrogen-bond donors (Lipinski definition) is 1. The third-order valence-electron chi connectivity index (χ3n) is 6.46. The number of carbonyl (C=O) groups is 2. The molecule has 1 aromatic heterocycles. The van der Waals surface area contributed by atoms with E-state index in [4.69, 9.17) is 4.74 Å². The van der Waals surface area contributed by atoms with Gasteiger partial charge in [0.05, 0.1) is 17.1 Å². The summed E-state index contributed by atoms with van der Waals surface area (Å²) in [7, 11) is 0. The van der Waals surface area contributed by atoms with Crippen molar-refractivity contribution in [3.05, 3.63) is 87.8 Å². The molecule has 0 spiro atoms. The number of carbonyl (C=O) groups excluding carboxylic acids is 2. The smallest absolute Gasteiger partial charge is 0.419 e. The van der Waals surface area contributed by atoms with Crippen LogP contribution in [0.25, 0.3) is 0 Å². The van der Waals surface area contributed by atoms with Gasteiger partial charge in [0.25, 0.3) is 0 Å². The molecule has 35 heavy (non-hydrogen) atoms. The fraction of sp³-hybridized carbons (Fsp3) is 0.346. The molecule has 5 nitrogen and oxygen atoms in total. The molecule has 1 N–H and O–H groups in total. The maximum Gasteiger partial charge on any atom is 0.419 e. The molecule has 0 saturated carbocycles. The summed E-state index contributed by atoms with van der Waals surface area (Å²) in [5.41, 5.74) is -1.31. The minimum atomic E-state index is -4.94. The maximum atomic E-state index is 15.4. The number of dihydropyridines is 1. The number of hydrogen-bond acceptors (Lipinski definition) is 5. The van der Waals surface area contributed by atoms with Crippen LogP contribution >= 0.6 is 0 Å². The highest BCUT2D eigenvalue weighted by Crippen LogP contribution is 2.48. The molecule has 4 rings (SSSR count). The Bertz CT molecular complexity index is 1250. The van der Waals surface area contributed by atoms with Gasteiger partial charge in [-0.05, 0) is 31.9 Å². The standard InChI is InChI=1S/C26H24F4N2O3/c1-14-19(24(34)35-13-15-6-5-11-31-12-15)20(16-7-4-8-17(22(16)27)26(28,29)30)21-18(32-14)9-10-25(2,3)23(21)33/h4-8,11-12,20,32H,9-10,13H2,1-3H3. The van der Waals surface area contributed by atoms with Gasteiger partial charge in [-0.25, -0.2) is 9.18 Å². The van der Waals surface area contributed by atoms with Crippen molar-refractivity contribution in [1.82, 2.24) is 10.3 Å². The molecule has 9 heteroatoms. The van der Waals surface area contributed by atoms with Crippen molar-refractivity contribution in [3.63, 3.8) is 0 Å². The SMILES string of the molecule is CC1=C(C(=O)OCc2cccnc2)C(c2cccc(C(F)(F)F)c2F)C2=C(CCC(C)(C)C2=O)N1. The first kappa shape index (κ1) is 24.6. The summed E-state index contributed by atoms with van der Waals surface area (Å²) in [5.74, 6) is -4.07. The van der Waals surface area contributed by atoms with E-state index in [-0.39, 0.29) is 23.5 Å². The van der Waals surface area contributed by atoms with Gasteiger partial charge in [-0.3, -0.25) is 9.78 Å². The molecular weight excluding hydrogens is 464 g/mol. The highest BCUT2D eigenvalue weighted by Gasteiger charge is 2.47. The Balaban J connectivity index is 1.84. The predicted octanol–water partition coefficient (Wildman–Crippen LogP) is 5.59. The van der Waals surface area contributed by atoms with Crippen LogP contribution in [0.4, 0.5) is 17.6 Å². The number of ether oxygens (including phenoxy) is 1. The van der Waals surface area contributed by atoms with Crippen LogP contribution in [0.15, 0.2) is 65.3 Å². The Kier molecular flexibility index (Phi) is 6.29. The van der Waals surface area contributed by atoms with E-state index < -0.39 is 40.4 Å². The summed E-state index contributed by atoms with van der Waals surface area (Å²) in [6.07, 6.45) is -0.949. The van der Waals surface area contributed by atoms with Gasteiger partial charge in [0.1, 0.15) is 12.4 Å². The predicted molar refractivity (Wildman–Crippen MR) is 119 cm³/mol. The lowest BCUT2D eigenvalue weighted by Gasteiger charge is -2.39. The Morgan fingerprint density at radius 2 is 1.97 bits per heavy atom. The molecule has 1 aliphatic heterocycles. The molecule has 1 unspecified atom stereocenters. The van der Waals surface area contributed by atoms with Crippen molar-refractivity contribution in [2.75, 3.05) is 0 Å². The minimum Gasteiger partial charge on any atom is -0.457 e. The molecule has 0 fully saturated rings. The topological polar surface area (TPSA) is 68.3 Å². The number of nitrogens with zero attached hydrogens (tertiary/aromatic N) is 1. The Morgan fingerprint density at radius 1 is 1.23 bits per heavy atom. The van der Waals surface area contributed by atoms with Crippen LogP contribution < -0.4 is 5.32 Å². The van der Waals surface area contributed by atoms with Crippen molar-refractivity contribution in [2.45, 2.75) is 52.3 Å².